The molecule has 0 radical (unpaired) electrons. The van der Waals surface area contributed by atoms with Crippen molar-refractivity contribution in [1.29, 1.82) is 0 Å². The van der Waals surface area contributed by atoms with E-state index in [0.29, 0.717) is 21.4 Å². The summed E-state index contributed by atoms with van der Waals surface area (Å²) in [6.07, 6.45) is 12.6. The average molecular weight is 410 g/mol. The zero-order valence-corrected chi connectivity index (χ0v) is 19.2. The summed E-state index contributed by atoms with van der Waals surface area (Å²) in [4.78, 5) is 13.1. The number of nitrogens with one attached hydrogen (secondary N) is 1. The van der Waals surface area contributed by atoms with Crippen LogP contribution in [0.1, 0.15) is 85.0 Å². The molecule has 1 spiro atoms. The van der Waals surface area contributed by atoms with Crippen LogP contribution in [0.25, 0.3) is 0 Å². The van der Waals surface area contributed by atoms with Crippen molar-refractivity contribution in [2.45, 2.75) is 95.1 Å². The Morgan fingerprint density at radius 1 is 1.00 bits per heavy atom. The fourth-order valence-corrected chi connectivity index (χ4v) is 10.4. The van der Waals surface area contributed by atoms with Gasteiger partial charge in [-0.25, -0.2) is 0 Å². The van der Waals surface area contributed by atoms with E-state index in [1.807, 2.05) is 0 Å². The molecule has 2 unspecified atom stereocenters. The van der Waals surface area contributed by atoms with Gasteiger partial charge in [0.05, 0.1) is 4.08 Å². The van der Waals surface area contributed by atoms with E-state index in [1.54, 1.807) is 0 Å². The van der Waals surface area contributed by atoms with Crippen LogP contribution in [0, 0.1) is 29.1 Å². The molecule has 4 rings (SSSR count). The third-order valence-electron chi connectivity index (χ3n) is 8.58. The molecule has 27 heavy (non-hydrogen) atoms. The number of carbonyl (C=O) groups excluding carboxylic acids is 1. The van der Waals surface area contributed by atoms with Gasteiger partial charge in [-0.15, -0.1) is 23.5 Å². The van der Waals surface area contributed by atoms with Crippen LogP contribution in [0.4, 0.5) is 0 Å². The van der Waals surface area contributed by atoms with Crippen molar-refractivity contribution in [2.75, 3.05) is 11.5 Å². The van der Waals surface area contributed by atoms with Gasteiger partial charge in [0.2, 0.25) is 5.91 Å². The van der Waals surface area contributed by atoms with E-state index in [2.05, 4.69) is 49.6 Å². The average Bonchev–Trinajstić information content (AvgIpc) is 3.11. The number of hydrogen-bond acceptors (Lipinski definition) is 3. The van der Waals surface area contributed by atoms with Crippen LogP contribution in [0.3, 0.4) is 0 Å². The Labute approximate surface area is 175 Å². The van der Waals surface area contributed by atoms with E-state index in [1.165, 1.54) is 62.9 Å². The third kappa shape index (κ3) is 3.96. The first-order valence-electron chi connectivity index (χ1n) is 11.5. The van der Waals surface area contributed by atoms with Gasteiger partial charge in [-0.2, -0.15) is 0 Å². The van der Waals surface area contributed by atoms with Gasteiger partial charge in [0.25, 0.3) is 0 Å². The van der Waals surface area contributed by atoms with Gasteiger partial charge in [-0.05, 0) is 74.5 Å². The molecule has 2 bridgehead atoms. The van der Waals surface area contributed by atoms with Crippen molar-refractivity contribution in [1.82, 2.24) is 5.32 Å². The van der Waals surface area contributed by atoms with E-state index < -0.39 is 0 Å². The molecule has 4 heteroatoms. The first-order valence-corrected chi connectivity index (χ1v) is 13.5. The number of rotatable bonds is 4. The molecule has 0 aromatic carbocycles. The molecule has 1 N–H and O–H groups in total. The molecule has 1 aliphatic heterocycles. The smallest absolute Gasteiger partial charge is 0.223 e. The third-order valence-corrected chi connectivity index (χ3v) is 12.6. The van der Waals surface area contributed by atoms with Crippen LogP contribution in [-0.4, -0.2) is 27.5 Å². The Balaban J connectivity index is 1.31. The lowest BCUT2D eigenvalue weighted by atomic mass is 9.66. The van der Waals surface area contributed by atoms with Crippen LogP contribution < -0.4 is 5.32 Å². The van der Waals surface area contributed by atoms with Crippen molar-refractivity contribution >= 4 is 29.4 Å². The maximum Gasteiger partial charge on any atom is 0.223 e. The highest BCUT2D eigenvalue weighted by Gasteiger charge is 2.55. The van der Waals surface area contributed by atoms with E-state index in [-0.39, 0.29) is 5.92 Å². The summed E-state index contributed by atoms with van der Waals surface area (Å²) in [6, 6.07) is 0.437. The molecule has 3 aliphatic carbocycles. The fourth-order valence-electron chi connectivity index (χ4n) is 6.45. The summed E-state index contributed by atoms with van der Waals surface area (Å²) in [5.74, 6) is 5.72. The van der Waals surface area contributed by atoms with Gasteiger partial charge >= 0.3 is 0 Å². The highest BCUT2D eigenvalue weighted by Crippen LogP contribution is 2.64. The Bertz CT molecular complexity index is 518. The van der Waals surface area contributed by atoms with E-state index in [0.717, 1.165) is 30.6 Å². The Morgan fingerprint density at radius 3 is 2.15 bits per heavy atom. The molecule has 4 fully saturated rings. The maximum atomic E-state index is 13.1. The van der Waals surface area contributed by atoms with Crippen LogP contribution in [0.2, 0.25) is 0 Å². The monoisotopic (exact) mass is 409 g/mol. The summed E-state index contributed by atoms with van der Waals surface area (Å²) in [6.45, 7) is 7.17. The second-order valence-electron chi connectivity index (χ2n) is 10.3. The van der Waals surface area contributed by atoms with Crippen molar-refractivity contribution in [3.05, 3.63) is 0 Å². The minimum absolute atomic E-state index is 0.289. The molecule has 1 saturated heterocycles. The summed E-state index contributed by atoms with van der Waals surface area (Å²) < 4.78 is 0.485. The van der Waals surface area contributed by atoms with Gasteiger partial charge in [-0.3, -0.25) is 4.79 Å². The molecule has 154 valence electrons. The Kier molecular flexibility index (Phi) is 6.15. The molecule has 2 nitrogen and oxygen atoms in total. The maximum absolute atomic E-state index is 13.1. The summed E-state index contributed by atoms with van der Waals surface area (Å²) >= 11 is 4.49. The molecule has 1 heterocycles. The standard InChI is InChI=1S/C23H39NOS2/c1-4-22(2,3)17-8-10-20(11-9-17)24-21(25)16-14-18-6-5-7-19(15-16)23(18)26-12-13-27-23/h16-20H,4-15H2,1-3H3,(H,24,25). The molecule has 3 saturated carbocycles. The molecular formula is C23H39NOS2. The summed E-state index contributed by atoms with van der Waals surface area (Å²) in [7, 11) is 0. The van der Waals surface area contributed by atoms with Crippen LogP contribution in [0.15, 0.2) is 0 Å². The predicted octanol–water partition coefficient (Wildman–Crippen LogP) is 6.10. The number of carbonyl (C=O) groups is 1. The zero-order valence-electron chi connectivity index (χ0n) is 17.6. The summed E-state index contributed by atoms with van der Waals surface area (Å²) in [5, 5.41) is 3.49. The van der Waals surface area contributed by atoms with Gasteiger partial charge in [0.1, 0.15) is 0 Å². The van der Waals surface area contributed by atoms with Crippen LogP contribution in [-0.2, 0) is 4.79 Å². The number of thioether (sulfide) groups is 2. The Hall–Kier alpha value is 0.170. The lowest BCUT2D eigenvalue weighted by molar-refractivity contribution is -0.128. The topological polar surface area (TPSA) is 29.1 Å². The van der Waals surface area contributed by atoms with Gasteiger partial charge in [0.15, 0.2) is 0 Å². The van der Waals surface area contributed by atoms with Crippen molar-refractivity contribution in [3.63, 3.8) is 0 Å². The van der Waals surface area contributed by atoms with Gasteiger partial charge in [0, 0.05) is 23.5 Å². The van der Waals surface area contributed by atoms with Crippen molar-refractivity contribution < 1.29 is 4.79 Å². The molecule has 0 aromatic rings. The highest BCUT2D eigenvalue weighted by atomic mass is 32.2. The Morgan fingerprint density at radius 2 is 1.59 bits per heavy atom. The predicted molar refractivity (Wildman–Crippen MR) is 119 cm³/mol. The fraction of sp³-hybridized carbons (Fsp3) is 0.957. The van der Waals surface area contributed by atoms with Crippen LogP contribution in [0.5, 0.6) is 0 Å². The normalized spacial score (nSPS) is 38.7. The second-order valence-corrected chi connectivity index (χ2v) is 13.3. The summed E-state index contributed by atoms with van der Waals surface area (Å²) in [5.41, 5.74) is 0.459. The molecular weight excluding hydrogens is 370 g/mol. The first-order chi connectivity index (χ1) is 12.9. The molecule has 1 amide bonds. The number of amides is 1. The van der Waals surface area contributed by atoms with Crippen LogP contribution >= 0.6 is 23.5 Å². The largest absolute Gasteiger partial charge is 0.353 e. The lowest BCUT2D eigenvalue weighted by Crippen LogP contribution is -2.51. The molecule has 4 aliphatic rings. The molecule has 2 atom stereocenters. The minimum atomic E-state index is 0.289. The highest BCUT2D eigenvalue weighted by molar-refractivity contribution is 8.21. The van der Waals surface area contributed by atoms with Gasteiger partial charge < -0.3 is 5.32 Å². The SMILES string of the molecule is CCC(C)(C)C1CCC(NC(=O)C2CC3CCCC(C2)C32SCCS2)CC1. The number of hydrogen-bond donors (Lipinski definition) is 1. The van der Waals surface area contributed by atoms with Crippen molar-refractivity contribution in [3.8, 4) is 0 Å². The van der Waals surface area contributed by atoms with Gasteiger partial charge in [-0.1, -0.05) is 33.6 Å². The quantitative estimate of drug-likeness (QED) is 0.608. The van der Waals surface area contributed by atoms with E-state index >= 15 is 0 Å². The second kappa shape index (κ2) is 8.13. The first kappa shape index (κ1) is 20.4. The van der Waals surface area contributed by atoms with E-state index in [9.17, 15) is 4.79 Å². The van der Waals surface area contributed by atoms with E-state index in [4.69, 9.17) is 0 Å². The lowest BCUT2D eigenvalue weighted by Gasteiger charge is -2.52. The van der Waals surface area contributed by atoms with Crippen molar-refractivity contribution in [2.24, 2.45) is 29.1 Å². The zero-order chi connectivity index (χ0) is 19.1. The molecule has 0 aromatic heterocycles. The minimum Gasteiger partial charge on any atom is -0.353 e.